The van der Waals surface area contributed by atoms with Crippen molar-refractivity contribution in [3.8, 4) is 11.5 Å². The first-order valence-electron chi connectivity index (χ1n) is 8.47. The van der Waals surface area contributed by atoms with Crippen molar-refractivity contribution in [2.75, 3.05) is 19.0 Å². The zero-order valence-corrected chi connectivity index (χ0v) is 15.8. The molecule has 142 valence electrons. The van der Waals surface area contributed by atoms with E-state index in [0.29, 0.717) is 29.4 Å². The van der Waals surface area contributed by atoms with Crippen molar-refractivity contribution < 1.29 is 19.1 Å². The summed E-state index contributed by atoms with van der Waals surface area (Å²) in [7, 11) is 1.54. The number of nitrogens with one attached hydrogen (secondary N) is 2. The molecule has 0 saturated heterocycles. The number of carbonyl (C=O) groups is 2. The topological polar surface area (TPSA) is 89.0 Å². The molecule has 2 rings (SSSR count). The quantitative estimate of drug-likeness (QED) is 0.465. The Hall–Kier alpha value is -3.35. The number of rotatable bonds is 6. The van der Waals surface area contributed by atoms with E-state index in [9.17, 15) is 9.59 Å². The van der Waals surface area contributed by atoms with Crippen LogP contribution in [0.15, 0.2) is 41.5 Å². The molecule has 0 bridgehead atoms. The summed E-state index contributed by atoms with van der Waals surface area (Å²) in [5.41, 5.74) is 5.57. The van der Waals surface area contributed by atoms with Gasteiger partial charge in [-0.05, 0) is 67.8 Å². The van der Waals surface area contributed by atoms with Crippen LogP contribution in [0.1, 0.15) is 23.6 Å². The van der Waals surface area contributed by atoms with Gasteiger partial charge in [-0.1, -0.05) is 6.07 Å². The van der Waals surface area contributed by atoms with Crippen molar-refractivity contribution >= 4 is 23.7 Å². The van der Waals surface area contributed by atoms with Crippen LogP contribution in [0.3, 0.4) is 0 Å². The van der Waals surface area contributed by atoms with Crippen molar-refractivity contribution in [3.63, 3.8) is 0 Å². The van der Waals surface area contributed by atoms with Crippen molar-refractivity contribution in [3.05, 3.63) is 53.1 Å². The van der Waals surface area contributed by atoms with Crippen molar-refractivity contribution in [1.29, 1.82) is 0 Å². The van der Waals surface area contributed by atoms with Gasteiger partial charge < -0.3 is 14.8 Å². The summed E-state index contributed by atoms with van der Waals surface area (Å²) >= 11 is 0. The molecular formula is C20H23N3O4. The fourth-order valence-corrected chi connectivity index (χ4v) is 2.26. The molecule has 0 unspecified atom stereocenters. The average Bonchev–Trinajstić information content (AvgIpc) is 2.65. The van der Waals surface area contributed by atoms with E-state index in [4.69, 9.17) is 9.47 Å². The summed E-state index contributed by atoms with van der Waals surface area (Å²) in [5.74, 6) is -0.476. The molecule has 0 aliphatic carbocycles. The predicted molar refractivity (Wildman–Crippen MR) is 104 cm³/mol. The second kappa shape index (κ2) is 9.38. The van der Waals surface area contributed by atoms with E-state index in [1.54, 1.807) is 30.3 Å². The molecule has 0 heterocycles. The van der Waals surface area contributed by atoms with Crippen LogP contribution >= 0.6 is 0 Å². The molecule has 2 aromatic carbocycles. The summed E-state index contributed by atoms with van der Waals surface area (Å²) in [6.07, 6.45) is 1.42. The number of methoxy groups -OCH3 is 1. The summed E-state index contributed by atoms with van der Waals surface area (Å²) in [5, 5.41) is 6.34. The van der Waals surface area contributed by atoms with Crippen LogP contribution in [0, 0.1) is 13.8 Å². The molecule has 0 atom stereocenters. The number of hydrazone groups is 1. The maximum Gasteiger partial charge on any atom is 0.329 e. The zero-order valence-electron chi connectivity index (χ0n) is 15.8. The Morgan fingerprint density at radius 3 is 2.48 bits per heavy atom. The molecular weight excluding hydrogens is 346 g/mol. The van der Waals surface area contributed by atoms with Gasteiger partial charge in [-0.25, -0.2) is 5.43 Å². The number of anilines is 1. The molecule has 2 amide bonds. The van der Waals surface area contributed by atoms with E-state index in [0.717, 1.165) is 11.1 Å². The summed E-state index contributed by atoms with van der Waals surface area (Å²) in [6.45, 7) is 6.31. The Kier molecular flexibility index (Phi) is 6.93. The van der Waals surface area contributed by atoms with Gasteiger partial charge in [0.1, 0.15) is 0 Å². The molecule has 0 aromatic heterocycles. The molecule has 0 spiro atoms. The molecule has 0 aliphatic rings. The number of carbonyl (C=O) groups excluding carboxylic acids is 2. The van der Waals surface area contributed by atoms with E-state index in [1.807, 2.05) is 26.8 Å². The lowest BCUT2D eigenvalue weighted by Crippen LogP contribution is -2.32. The van der Waals surface area contributed by atoms with Gasteiger partial charge in [-0.2, -0.15) is 5.10 Å². The lowest BCUT2D eigenvalue weighted by molar-refractivity contribution is -0.136. The fraction of sp³-hybridized carbons (Fsp3) is 0.250. The molecule has 2 aromatic rings. The Labute approximate surface area is 158 Å². The highest BCUT2D eigenvalue weighted by atomic mass is 16.5. The first-order chi connectivity index (χ1) is 12.9. The third-order valence-corrected chi connectivity index (χ3v) is 3.84. The molecule has 0 aliphatic heterocycles. The number of aryl methyl sites for hydroxylation is 2. The maximum atomic E-state index is 11.9. The minimum atomic E-state index is -0.859. The van der Waals surface area contributed by atoms with Crippen molar-refractivity contribution in [1.82, 2.24) is 5.43 Å². The molecule has 0 saturated carbocycles. The van der Waals surface area contributed by atoms with Gasteiger partial charge in [-0.15, -0.1) is 0 Å². The van der Waals surface area contributed by atoms with Crippen molar-refractivity contribution in [2.45, 2.75) is 20.8 Å². The first kappa shape index (κ1) is 20.0. The number of benzene rings is 2. The Balaban J connectivity index is 1.95. The maximum absolute atomic E-state index is 11.9. The van der Waals surface area contributed by atoms with Crippen LogP contribution in [0.25, 0.3) is 0 Å². The number of amides is 2. The minimum absolute atomic E-state index is 0.523. The van der Waals surface area contributed by atoms with Crippen LogP contribution in [0.5, 0.6) is 11.5 Å². The van der Waals surface area contributed by atoms with Gasteiger partial charge in [0.15, 0.2) is 11.5 Å². The summed E-state index contributed by atoms with van der Waals surface area (Å²) in [4.78, 5) is 23.8. The number of nitrogens with zero attached hydrogens (tertiary/aromatic N) is 1. The van der Waals surface area contributed by atoms with Gasteiger partial charge in [0.05, 0.1) is 19.9 Å². The molecule has 7 nitrogen and oxygen atoms in total. The van der Waals surface area contributed by atoms with Gasteiger partial charge in [0.2, 0.25) is 0 Å². The van der Waals surface area contributed by atoms with Crippen LogP contribution in [-0.2, 0) is 9.59 Å². The highest BCUT2D eigenvalue weighted by molar-refractivity contribution is 6.39. The third kappa shape index (κ3) is 5.57. The predicted octanol–water partition coefficient (Wildman–Crippen LogP) is 2.80. The highest BCUT2D eigenvalue weighted by Crippen LogP contribution is 2.27. The van der Waals surface area contributed by atoms with Crippen LogP contribution in [-0.4, -0.2) is 31.7 Å². The summed E-state index contributed by atoms with van der Waals surface area (Å²) < 4.78 is 10.7. The van der Waals surface area contributed by atoms with Gasteiger partial charge in [-0.3, -0.25) is 9.59 Å². The SMILES string of the molecule is CCOc1ccc(/C=N\NC(=O)C(=O)Nc2ccc(C)c(C)c2)cc1OC. The van der Waals surface area contributed by atoms with E-state index >= 15 is 0 Å². The van der Waals surface area contributed by atoms with E-state index in [-0.39, 0.29) is 0 Å². The average molecular weight is 369 g/mol. The van der Waals surface area contributed by atoms with Gasteiger partial charge in [0.25, 0.3) is 0 Å². The second-order valence-electron chi connectivity index (χ2n) is 5.80. The Bertz CT molecular complexity index is 862. The lowest BCUT2D eigenvalue weighted by Gasteiger charge is -2.09. The van der Waals surface area contributed by atoms with Crippen molar-refractivity contribution in [2.24, 2.45) is 5.10 Å². The highest BCUT2D eigenvalue weighted by Gasteiger charge is 2.13. The monoisotopic (exact) mass is 369 g/mol. The smallest absolute Gasteiger partial charge is 0.329 e. The molecule has 0 radical (unpaired) electrons. The zero-order chi connectivity index (χ0) is 19.8. The van der Waals surface area contributed by atoms with Gasteiger partial charge in [0, 0.05) is 5.69 Å². The normalized spacial score (nSPS) is 10.5. The number of hydrogen-bond acceptors (Lipinski definition) is 5. The Morgan fingerprint density at radius 1 is 1.04 bits per heavy atom. The number of hydrogen-bond donors (Lipinski definition) is 2. The van der Waals surface area contributed by atoms with E-state index < -0.39 is 11.8 Å². The second-order valence-corrected chi connectivity index (χ2v) is 5.80. The Morgan fingerprint density at radius 2 is 1.81 bits per heavy atom. The summed E-state index contributed by atoms with van der Waals surface area (Å²) in [6, 6.07) is 10.6. The van der Waals surface area contributed by atoms with E-state index in [1.165, 1.54) is 13.3 Å². The van der Waals surface area contributed by atoms with Crippen LogP contribution in [0.2, 0.25) is 0 Å². The van der Waals surface area contributed by atoms with Crippen LogP contribution in [0.4, 0.5) is 5.69 Å². The van der Waals surface area contributed by atoms with Gasteiger partial charge >= 0.3 is 11.8 Å². The number of ether oxygens (including phenoxy) is 2. The molecule has 27 heavy (non-hydrogen) atoms. The lowest BCUT2D eigenvalue weighted by atomic mass is 10.1. The van der Waals surface area contributed by atoms with Crippen LogP contribution < -0.4 is 20.2 Å². The standard InChI is InChI=1S/C20H23N3O4/c1-5-27-17-9-7-15(11-18(17)26-4)12-21-23-20(25)19(24)22-16-8-6-13(2)14(3)10-16/h6-12H,5H2,1-4H3,(H,22,24)(H,23,25)/b21-12-. The molecule has 7 heteroatoms. The largest absolute Gasteiger partial charge is 0.493 e. The fourth-order valence-electron chi connectivity index (χ4n) is 2.26. The molecule has 2 N–H and O–H groups in total. The molecule has 0 fully saturated rings. The minimum Gasteiger partial charge on any atom is -0.493 e. The van der Waals surface area contributed by atoms with E-state index in [2.05, 4.69) is 15.8 Å². The first-order valence-corrected chi connectivity index (χ1v) is 8.47. The third-order valence-electron chi connectivity index (χ3n) is 3.84.